The fraction of sp³-hybridized carbons (Fsp3) is 0.294. The number of para-hydroxylation sites is 1. The molecule has 128 valence electrons. The molecule has 1 saturated heterocycles. The summed E-state index contributed by atoms with van der Waals surface area (Å²) in [7, 11) is 1.50. The van der Waals surface area contributed by atoms with Crippen molar-refractivity contribution in [3.05, 3.63) is 52.6 Å². The number of carbonyl (C=O) groups is 1. The Labute approximate surface area is 142 Å². The van der Waals surface area contributed by atoms with Crippen molar-refractivity contribution in [3.63, 3.8) is 0 Å². The van der Waals surface area contributed by atoms with Gasteiger partial charge < -0.3 is 14.1 Å². The van der Waals surface area contributed by atoms with E-state index in [1.165, 1.54) is 7.11 Å². The van der Waals surface area contributed by atoms with E-state index in [0.717, 1.165) is 6.42 Å². The summed E-state index contributed by atoms with van der Waals surface area (Å²) in [6, 6.07) is 6.84. The van der Waals surface area contributed by atoms with Crippen molar-refractivity contribution in [2.24, 2.45) is 0 Å². The van der Waals surface area contributed by atoms with Crippen LogP contribution in [0.25, 0.3) is 11.0 Å². The maximum Gasteiger partial charge on any atom is 0.349 e. The molecule has 1 aliphatic rings. The number of hydrogen-bond acceptors (Lipinski definition) is 6. The molecule has 1 fully saturated rings. The van der Waals surface area contributed by atoms with Gasteiger partial charge in [0, 0.05) is 18.5 Å². The van der Waals surface area contributed by atoms with Gasteiger partial charge in [0.05, 0.1) is 25.5 Å². The number of carbonyl (C=O) groups excluding carboxylic acids is 1. The quantitative estimate of drug-likeness (QED) is 0.671. The van der Waals surface area contributed by atoms with Gasteiger partial charge in [-0.2, -0.15) is 15.0 Å². The Balaban J connectivity index is 1.64. The number of aromatic nitrogens is 3. The molecule has 0 aliphatic carbocycles. The van der Waals surface area contributed by atoms with E-state index in [1.807, 2.05) is 0 Å². The normalized spacial score (nSPS) is 17.2. The average Bonchev–Trinajstić information content (AvgIpc) is 3.31. The molecule has 4 rings (SSSR count). The first kappa shape index (κ1) is 15.4. The Bertz CT molecular complexity index is 980. The van der Waals surface area contributed by atoms with Gasteiger partial charge in [0.1, 0.15) is 5.56 Å². The summed E-state index contributed by atoms with van der Waals surface area (Å²) in [6.45, 7) is 1.00. The molecule has 1 amide bonds. The highest BCUT2D eigenvalue weighted by Gasteiger charge is 2.30. The molecule has 8 nitrogen and oxygen atoms in total. The summed E-state index contributed by atoms with van der Waals surface area (Å²) in [4.78, 5) is 28.3. The van der Waals surface area contributed by atoms with Gasteiger partial charge in [0.25, 0.3) is 5.91 Å². The number of fused-ring (bicyclic) bond motifs is 1. The van der Waals surface area contributed by atoms with E-state index in [-0.39, 0.29) is 17.5 Å². The van der Waals surface area contributed by atoms with Crippen molar-refractivity contribution in [1.82, 2.24) is 19.9 Å². The van der Waals surface area contributed by atoms with E-state index < -0.39 is 5.63 Å². The third-order valence-electron chi connectivity index (χ3n) is 4.39. The first-order valence-corrected chi connectivity index (χ1v) is 7.93. The number of methoxy groups -OCH3 is 1. The standard InChI is InChI=1S/C17H16N4O4/c1-24-14-4-2-3-11-9-13(17(23)25-15(11)14)16(22)20-8-5-12(10-20)21-18-6-7-19-21/h2-4,6-7,9,12H,5,8,10H2,1H3. The molecule has 1 atom stereocenters. The second-order valence-corrected chi connectivity index (χ2v) is 5.87. The zero-order valence-corrected chi connectivity index (χ0v) is 13.6. The molecule has 8 heteroatoms. The minimum Gasteiger partial charge on any atom is -0.493 e. The molecular weight excluding hydrogens is 324 g/mol. The Morgan fingerprint density at radius 1 is 1.32 bits per heavy atom. The van der Waals surface area contributed by atoms with Crippen LogP contribution in [-0.2, 0) is 0 Å². The molecular formula is C17H16N4O4. The fourth-order valence-electron chi connectivity index (χ4n) is 3.13. The summed E-state index contributed by atoms with van der Waals surface area (Å²) in [5.41, 5.74) is -0.302. The lowest BCUT2D eigenvalue weighted by molar-refractivity contribution is 0.0782. The highest BCUT2D eigenvalue weighted by molar-refractivity contribution is 5.97. The maximum absolute atomic E-state index is 12.8. The number of ether oxygens (including phenoxy) is 1. The van der Waals surface area contributed by atoms with Gasteiger partial charge in [0.2, 0.25) is 0 Å². The van der Waals surface area contributed by atoms with Crippen LogP contribution < -0.4 is 10.4 Å². The molecule has 2 aromatic heterocycles. The van der Waals surface area contributed by atoms with Gasteiger partial charge in [-0.1, -0.05) is 12.1 Å². The van der Waals surface area contributed by atoms with Crippen molar-refractivity contribution in [2.45, 2.75) is 12.5 Å². The van der Waals surface area contributed by atoms with Crippen molar-refractivity contribution < 1.29 is 13.9 Å². The molecule has 3 heterocycles. The Morgan fingerprint density at radius 3 is 2.88 bits per heavy atom. The molecule has 0 radical (unpaired) electrons. The Kier molecular flexibility index (Phi) is 3.72. The number of amides is 1. The first-order chi connectivity index (χ1) is 12.2. The Morgan fingerprint density at radius 2 is 2.12 bits per heavy atom. The summed E-state index contributed by atoms with van der Waals surface area (Å²) in [5, 5.41) is 8.88. The smallest absolute Gasteiger partial charge is 0.349 e. The van der Waals surface area contributed by atoms with Crippen LogP contribution in [0.1, 0.15) is 22.8 Å². The van der Waals surface area contributed by atoms with Crippen LogP contribution in [0.2, 0.25) is 0 Å². The predicted octanol–water partition coefficient (Wildman–Crippen LogP) is 1.48. The lowest BCUT2D eigenvalue weighted by Crippen LogP contribution is -2.32. The second kappa shape index (κ2) is 6.04. The zero-order chi connectivity index (χ0) is 17.4. The molecule has 25 heavy (non-hydrogen) atoms. The van der Waals surface area contributed by atoms with Gasteiger partial charge in [-0.25, -0.2) is 4.79 Å². The van der Waals surface area contributed by atoms with E-state index in [2.05, 4.69) is 10.2 Å². The SMILES string of the molecule is COc1cccc2cc(C(=O)N3CCC(n4nccn4)C3)c(=O)oc12. The van der Waals surface area contributed by atoms with Gasteiger partial charge in [-0.05, 0) is 18.6 Å². The summed E-state index contributed by atoms with van der Waals surface area (Å²) in [6.07, 6.45) is 3.96. The number of benzene rings is 1. The van der Waals surface area contributed by atoms with Crippen LogP contribution in [0.3, 0.4) is 0 Å². The highest BCUT2D eigenvalue weighted by Crippen LogP contribution is 2.26. The third-order valence-corrected chi connectivity index (χ3v) is 4.39. The lowest BCUT2D eigenvalue weighted by atomic mass is 10.1. The van der Waals surface area contributed by atoms with Gasteiger partial charge in [0.15, 0.2) is 11.3 Å². The van der Waals surface area contributed by atoms with Crippen LogP contribution in [0, 0.1) is 0 Å². The van der Waals surface area contributed by atoms with E-state index in [0.29, 0.717) is 29.8 Å². The predicted molar refractivity (Wildman–Crippen MR) is 88.6 cm³/mol. The molecule has 0 saturated carbocycles. The van der Waals surface area contributed by atoms with E-state index in [9.17, 15) is 9.59 Å². The molecule has 1 aromatic carbocycles. The first-order valence-electron chi connectivity index (χ1n) is 7.93. The maximum atomic E-state index is 12.8. The molecule has 3 aromatic rings. The van der Waals surface area contributed by atoms with Crippen LogP contribution >= 0.6 is 0 Å². The zero-order valence-electron chi connectivity index (χ0n) is 13.6. The highest BCUT2D eigenvalue weighted by atomic mass is 16.5. The third kappa shape index (κ3) is 2.65. The lowest BCUT2D eigenvalue weighted by Gasteiger charge is -2.16. The Hall–Kier alpha value is -3.16. The summed E-state index contributed by atoms with van der Waals surface area (Å²) in [5.74, 6) is 0.118. The van der Waals surface area contributed by atoms with E-state index in [1.54, 1.807) is 46.4 Å². The monoisotopic (exact) mass is 340 g/mol. The summed E-state index contributed by atoms with van der Waals surface area (Å²) < 4.78 is 10.5. The topological polar surface area (TPSA) is 90.5 Å². The van der Waals surface area contributed by atoms with Gasteiger partial charge in [-0.3, -0.25) is 4.79 Å². The summed E-state index contributed by atoms with van der Waals surface area (Å²) >= 11 is 0. The number of hydrogen-bond donors (Lipinski definition) is 0. The second-order valence-electron chi connectivity index (χ2n) is 5.87. The van der Waals surface area contributed by atoms with Crippen LogP contribution in [0.15, 0.2) is 45.9 Å². The van der Waals surface area contributed by atoms with E-state index in [4.69, 9.17) is 9.15 Å². The number of rotatable bonds is 3. The van der Waals surface area contributed by atoms with Crippen molar-refractivity contribution >= 4 is 16.9 Å². The fourth-order valence-corrected chi connectivity index (χ4v) is 3.13. The van der Waals surface area contributed by atoms with Crippen LogP contribution in [-0.4, -0.2) is 46.0 Å². The molecule has 0 N–H and O–H groups in total. The van der Waals surface area contributed by atoms with Crippen LogP contribution in [0.4, 0.5) is 0 Å². The van der Waals surface area contributed by atoms with Crippen molar-refractivity contribution in [2.75, 3.05) is 20.2 Å². The van der Waals surface area contributed by atoms with Crippen molar-refractivity contribution in [3.8, 4) is 5.75 Å². The minimum absolute atomic E-state index is 0.0199. The van der Waals surface area contributed by atoms with Gasteiger partial charge in [-0.15, -0.1) is 0 Å². The number of likely N-dealkylation sites (tertiary alicyclic amines) is 1. The molecule has 0 spiro atoms. The minimum atomic E-state index is -0.664. The van der Waals surface area contributed by atoms with Crippen LogP contribution in [0.5, 0.6) is 5.75 Å². The number of nitrogens with zero attached hydrogens (tertiary/aromatic N) is 4. The van der Waals surface area contributed by atoms with Gasteiger partial charge >= 0.3 is 5.63 Å². The molecule has 1 unspecified atom stereocenters. The molecule has 1 aliphatic heterocycles. The largest absolute Gasteiger partial charge is 0.493 e. The average molecular weight is 340 g/mol. The van der Waals surface area contributed by atoms with E-state index >= 15 is 0 Å². The van der Waals surface area contributed by atoms with Crippen molar-refractivity contribution in [1.29, 1.82) is 0 Å². The molecule has 0 bridgehead atoms.